The maximum atomic E-state index is 8.65. The van der Waals surface area contributed by atoms with Gasteiger partial charge in [0.2, 0.25) is 0 Å². The summed E-state index contributed by atoms with van der Waals surface area (Å²) in [6, 6.07) is 0. The number of unbranched alkanes of at least 4 members (excludes halogenated alkanes) is 1. The predicted octanol–water partition coefficient (Wildman–Crippen LogP) is 3.62. The summed E-state index contributed by atoms with van der Waals surface area (Å²) < 4.78 is 0.422. The van der Waals surface area contributed by atoms with E-state index in [0.717, 1.165) is 19.3 Å². The molecule has 0 saturated heterocycles. The number of hydrogen-bond donors (Lipinski definition) is 2. The van der Waals surface area contributed by atoms with Crippen LogP contribution in [0.1, 0.15) is 26.2 Å². The van der Waals surface area contributed by atoms with Gasteiger partial charge in [-0.25, -0.2) is 0 Å². The molecule has 0 heterocycles. The first-order valence-electron chi connectivity index (χ1n) is 3.51. The van der Waals surface area contributed by atoms with Crippen molar-refractivity contribution in [2.75, 3.05) is 0 Å². The molecule has 0 radical (unpaired) electrons. The van der Waals surface area contributed by atoms with Crippen molar-refractivity contribution in [3.63, 3.8) is 0 Å². The van der Waals surface area contributed by atoms with Crippen molar-refractivity contribution in [2.45, 2.75) is 31.0 Å². The van der Waals surface area contributed by atoms with E-state index >= 15 is 0 Å². The standard InChI is InChI=1S/C7H12Br2O2/c1-2-3-4-5(8)6(9)7(10)11/h5,10-11H,2-4H2,1H3. The zero-order chi connectivity index (χ0) is 8.85. The predicted molar refractivity (Wildman–Crippen MR) is 53.5 cm³/mol. The Kier molecular flexibility index (Phi) is 6.05. The summed E-state index contributed by atoms with van der Waals surface area (Å²) >= 11 is 6.39. The van der Waals surface area contributed by atoms with Crippen LogP contribution in [0.25, 0.3) is 0 Å². The fourth-order valence-electron chi connectivity index (χ4n) is 0.650. The first kappa shape index (κ1) is 11.3. The van der Waals surface area contributed by atoms with Gasteiger partial charge in [-0.05, 0) is 22.4 Å². The van der Waals surface area contributed by atoms with E-state index in [9.17, 15) is 0 Å². The highest BCUT2D eigenvalue weighted by atomic mass is 79.9. The number of rotatable bonds is 4. The number of aliphatic hydroxyl groups is 2. The molecule has 0 spiro atoms. The highest BCUT2D eigenvalue weighted by molar-refractivity contribution is 9.14. The van der Waals surface area contributed by atoms with Gasteiger partial charge in [-0.1, -0.05) is 35.7 Å². The van der Waals surface area contributed by atoms with E-state index in [-0.39, 0.29) is 4.83 Å². The van der Waals surface area contributed by atoms with E-state index in [4.69, 9.17) is 10.2 Å². The van der Waals surface area contributed by atoms with Crippen molar-refractivity contribution in [3.8, 4) is 0 Å². The van der Waals surface area contributed by atoms with Gasteiger partial charge in [-0.15, -0.1) is 0 Å². The summed E-state index contributed by atoms with van der Waals surface area (Å²) in [5.74, 6) is -0.636. The smallest absolute Gasteiger partial charge is 0.285 e. The van der Waals surface area contributed by atoms with Crippen molar-refractivity contribution in [3.05, 3.63) is 10.4 Å². The number of allylic oxidation sites excluding steroid dienone is 1. The molecule has 0 amide bonds. The van der Waals surface area contributed by atoms with Gasteiger partial charge >= 0.3 is 0 Å². The van der Waals surface area contributed by atoms with E-state index in [2.05, 4.69) is 38.8 Å². The van der Waals surface area contributed by atoms with Crippen LogP contribution >= 0.6 is 31.9 Å². The Labute approximate surface area is 83.6 Å². The highest BCUT2D eigenvalue weighted by Crippen LogP contribution is 2.24. The van der Waals surface area contributed by atoms with E-state index in [1.807, 2.05) is 0 Å². The molecule has 0 fully saturated rings. The molecule has 0 aliphatic carbocycles. The minimum Gasteiger partial charge on any atom is -0.480 e. The van der Waals surface area contributed by atoms with Crippen LogP contribution in [0.5, 0.6) is 0 Å². The average Bonchev–Trinajstić information content (AvgIpc) is 1.98. The Hall–Kier alpha value is 0.300. The maximum Gasteiger partial charge on any atom is 0.285 e. The van der Waals surface area contributed by atoms with Crippen LogP contribution in [0.15, 0.2) is 10.4 Å². The third-order valence-corrected chi connectivity index (χ3v) is 3.74. The molecule has 2 N–H and O–H groups in total. The molecule has 11 heavy (non-hydrogen) atoms. The van der Waals surface area contributed by atoms with Gasteiger partial charge in [-0.3, -0.25) is 0 Å². The molecule has 0 aromatic heterocycles. The van der Waals surface area contributed by atoms with Gasteiger partial charge in [0, 0.05) is 0 Å². The zero-order valence-corrected chi connectivity index (χ0v) is 9.52. The first-order chi connectivity index (χ1) is 5.09. The fraction of sp³-hybridized carbons (Fsp3) is 0.714. The third kappa shape index (κ3) is 4.69. The lowest BCUT2D eigenvalue weighted by Crippen LogP contribution is -2.00. The molecule has 1 atom stereocenters. The molecule has 0 saturated carbocycles. The van der Waals surface area contributed by atoms with Crippen LogP contribution in [-0.4, -0.2) is 15.0 Å². The molecule has 0 rings (SSSR count). The minimum atomic E-state index is -0.636. The molecular weight excluding hydrogens is 276 g/mol. The monoisotopic (exact) mass is 286 g/mol. The Morgan fingerprint density at radius 3 is 2.36 bits per heavy atom. The largest absolute Gasteiger partial charge is 0.480 e. The topological polar surface area (TPSA) is 40.5 Å². The Morgan fingerprint density at radius 2 is 2.00 bits per heavy atom. The molecule has 1 unspecified atom stereocenters. The van der Waals surface area contributed by atoms with Gasteiger partial charge < -0.3 is 10.2 Å². The van der Waals surface area contributed by atoms with Crippen LogP contribution in [-0.2, 0) is 0 Å². The van der Waals surface area contributed by atoms with Crippen molar-refractivity contribution in [1.82, 2.24) is 0 Å². The molecule has 4 heteroatoms. The summed E-state index contributed by atoms with van der Waals surface area (Å²) in [6.07, 6.45) is 3.08. The zero-order valence-electron chi connectivity index (χ0n) is 6.35. The molecule has 0 aromatic carbocycles. The number of aliphatic hydroxyl groups excluding tert-OH is 1. The number of halogens is 2. The lowest BCUT2D eigenvalue weighted by Gasteiger charge is -2.06. The van der Waals surface area contributed by atoms with Gasteiger partial charge in [0.25, 0.3) is 5.95 Å². The Bertz CT molecular complexity index is 141. The van der Waals surface area contributed by atoms with Gasteiger partial charge in [0.1, 0.15) is 0 Å². The molecule has 66 valence electrons. The minimum absolute atomic E-state index is 0.0208. The summed E-state index contributed by atoms with van der Waals surface area (Å²) in [7, 11) is 0. The Balaban J connectivity index is 3.83. The number of alkyl halides is 1. The van der Waals surface area contributed by atoms with Gasteiger partial charge in [0.15, 0.2) is 0 Å². The summed E-state index contributed by atoms with van der Waals surface area (Å²) in [5.41, 5.74) is 0. The van der Waals surface area contributed by atoms with Crippen molar-refractivity contribution >= 4 is 31.9 Å². The number of hydrogen-bond acceptors (Lipinski definition) is 2. The van der Waals surface area contributed by atoms with E-state index in [1.165, 1.54) is 0 Å². The van der Waals surface area contributed by atoms with Crippen LogP contribution in [0.4, 0.5) is 0 Å². The van der Waals surface area contributed by atoms with E-state index in [0.29, 0.717) is 4.48 Å². The van der Waals surface area contributed by atoms with Crippen LogP contribution < -0.4 is 0 Å². The second kappa shape index (κ2) is 5.89. The van der Waals surface area contributed by atoms with Crippen molar-refractivity contribution < 1.29 is 10.2 Å². The quantitative estimate of drug-likeness (QED) is 0.612. The van der Waals surface area contributed by atoms with Crippen molar-refractivity contribution in [1.29, 1.82) is 0 Å². The second-order valence-electron chi connectivity index (χ2n) is 2.28. The van der Waals surface area contributed by atoms with Gasteiger partial charge in [-0.2, -0.15) is 0 Å². The lowest BCUT2D eigenvalue weighted by atomic mass is 10.2. The Morgan fingerprint density at radius 1 is 1.45 bits per heavy atom. The SMILES string of the molecule is CCCCC(Br)C(Br)=C(O)O. The second-order valence-corrected chi connectivity index (χ2v) is 4.24. The van der Waals surface area contributed by atoms with Crippen molar-refractivity contribution in [2.24, 2.45) is 0 Å². The van der Waals surface area contributed by atoms with E-state index < -0.39 is 5.95 Å². The molecular formula is C7H12Br2O2. The highest BCUT2D eigenvalue weighted by Gasteiger charge is 2.11. The van der Waals surface area contributed by atoms with Crippen LogP contribution in [0.2, 0.25) is 0 Å². The maximum absolute atomic E-state index is 8.65. The average molecular weight is 288 g/mol. The van der Waals surface area contributed by atoms with E-state index in [1.54, 1.807) is 0 Å². The van der Waals surface area contributed by atoms with Crippen LogP contribution in [0.3, 0.4) is 0 Å². The summed E-state index contributed by atoms with van der Waals surface area (Å²) in [6.45, 7) is 2.09. The van der Waals surface area contributed by atoms with Gasteiger partial charge in [0.05, 0.1) is 9.31 Å². The molecule has 2 nitrogen and oxygen atoms in total. The molecule has 0 aliphatic heterocycles. The third-order valence-electron chi connectivity index (χ3n) is 1.30. The first-order valence-corrected chi connectivity index (χ1v) is 5.22. The lowest BCUT2D eigenvalue weighted by molar-refractivity contribution is 0.188. The molecule has 0 aromatic rings. The summed E-state index contributed by atoms with van der Waals surface area (Å²) in [5, 5.41) is 17.3. The van der Waals surface area contributed by atoms with Crippen LogP contribution in [0, 0.1) is 0 Å². The summed E-state index contributed by atoms with van der Waals surface area (Å²) in [4.78, 5) is 0.0208. The molecule has 0 bridgehead atoms. The normalized spacial score (nSPS) is 12.6. The fourth-order valence-corrected chi connectivity index (χ4v) is 1.41. The molecule has 0 aliphatic rings.